The van der Waals surface area contributed by atoms with Gasteiger partial charge < -0.3 is 10.1 Å². The van der Waals surface area contributed by atoms with Gasteiger partial charge in [0.1, 0.15) is 0 Å². The Hall–Kier alpha value is -1.64. The normalized spacial score (nSPS) is 21.6. The maximum Gasteiger partial charge on any atom is 0.0662 e. The van der Waals surface area contributed by atoms with Crippen LogP contribution in [0.15, 0.2) is 54.6 Å². The van der Waals surface area contributed by atoms with E-state index in [2.05, 4.69) is 67.7 Å². The van der Waals surface area contributed by atoms with E-state index in [1.54, 1.807) is 0 Å². The summed E-state index contributed by atoms with van der Waals surface area (Å²) in [6, 6.07) is 19.5. The van der Waals surface area contributed by atoms with Gasteiger partial charge in [0.05, 0.1) is 19.3 Å². The molecular formula is C18H21NO. The summed E-state index contributed by atoms with van der Waals surface area (Å²) < 4.78 is 5.70. The number of morpholine rings is 1. The van der Waals surface area contributed by atoms with Crippen molar-refractivity contribution < 1.29 is 4.74 Å². The first-order valence-corrected chi connectivity index (χ1v) is 7.15. The summed E-state index contributed by atoms with van der Waals surface area (Å²) in [5, 5.41) is 3.64. The molecule has 0 amide bonds. The maximum absolute atomic E-state index is 5.70. The van der Waals surface area contributed by atoms with Crippen LogP contribution in [0.1, 0.15) is 25.5 Å². The number of hydrogen-bond acceptors (Lipinski definition) is 2. The van der Waals surface area contributed by atoms with Crippen molar-refractivity contribution in [2.75, 3.05) is 13.2 Å². The van der Waals surface area contributed by atoms with Crippen molar-refractivity contribution in [3.05, 3.63) is 60.2 Å². The second kappa shape index (κ2) is 5.39. The van der Waals surface area contributed by atoms with Gasteiger partial charge in [0.25, 0.3) is 0 Å². The Morgan fingerprint density at radius 3 is 2.25 bits per heavy atom. The lowest BCUT2D eigenvalue weighted by Gasteiger charge is -2.37. The molecule has 20 heavy (non-hydrogen) atoms. The summed E-state index contributed by atoms with van der Waals surface area (Å²) in [4.78, 5) is 0. The Morgan fingerprint density at radius 2 is 1.60 bits per heavy atom. The minimum absolute atomic E-state index is 0.0427. The molecule has 0 aromatic heterocycles. The van der Waals surface area contributed by atoms with E-state index in [1.807, 2.05) is 6.07 Å². The van der Waals surface area contributed by atoms with Crippen LogP contribution in [-0.4, -0.2) is 18.8 Å². The van der Waals surface area contributed by atoms with Crippen LogP contribution < -0.4 is 5.32 Å². The van der Waals surface area contributed by atoms with Gasteiger partial charge in [-0.25, -0.2) is 0 Å². The Morgan fingerprint density at radius 1 is 0.950 bits per heavy atom. The van der Waals surface area contributed by atoms with E-state index in [1.165, 1.54) is 16.7 Å². The lowest BCUT2D eigenvalue weighted by Crippen LogP contribution is -2.51. The first-order valence-electron chi connectivity index (χ1n) is 7.15. The minimum atomic E-state index is 0.0427. The molecule has 1 heterocycles. The number of nitrogens with one attached hydrogen (secondary N) is 1. The predicted octanol–water partition coefficient (Wildman–Crippen LogP) is 3.79. The summed E-state index contributed by atoms with van der Waals surface area (Å²) in [5.74, 6) is 0. The number of rotatable bonds is 2. The van der Waals surface area contributed by atoms with Crippen molar-refractivity contribution in [2.45, 2.75) is 25.4 Å². The topological polar surface area (TPSA) is 21.3 Å². The lowest BCUT2D eigenvalue weighted by atomic mass is 9.97. The van der Waals surface area contributed by atoms with Gasteiger partial charge >= 0.3 is 0 Å². The molecule has 1 atom stereocenters. The highest BCUT2D eigenvalue weighted by Gasteiger charge is 2.28. The van der Waals surface area contributed by atoms with E-state index < -0.39 is 0 Å². The molecule has 3 rings (SSSR count). The number of hydrogen-bond donors (Lipinski definition) is 1. The van der Waals surface area contributed by atoms with Crippen LogP contribution in [0.5, 0.6) is 0 Å². The number of benzene rings is 2. The van der Waals surface area contributed by atoms with Crippen molar-refractivity contribution in [1.29, 1.82) is 0 Å². The van der Waals surface area contributed by atoms with E-state index >= 15 is 0 Å². The Bertz CT molecular complexity index is 560. The fraction of sp³-hybridized carbons (Fsp3) is 0.333. The largest absolute Gasteiger partial charge is 0.378 e. The summed E-state index contributed by atoms with van der Waals surface area (Å²) in [6.07, 6.45) is 0. The zero-order chi connectivity index (χ0) is 14.0. The molecule has 1 unspecified atom stereocenters. The van der Waals surface area contributed by atoms with Gasteiger partial charge in [0.15, 0.2) is 0 Å². The third-order valence-electron chi connectivity index (χ3n) is 3.73. The van der Waals surface area contributed by atoms with E-state index in [9.17, 15) is 0 Å². The van der Waals surface area contributed by atoms with Crippen molar-refractivity contribution in [3.8, 4) is 11.1 Å². The van der Waals surface area contributed by atoms with Gasteiger partial charge in [-0.3, -0.25) is 0 Å². The fourth-order valence-electron chi connectivity index (χ4n) is 2.70. The SMILES string of the molecule is CC1(C)COCC(c2ccc(-c3ccccc3)cc2)N1. The Kier molecular flexibility index (Phi) is 3.60. The molecule has 1 saturated heterocycles. The quantitative estimate of drug-likeness (QED) is 0.893. The molecule has 2 heteroatoms. The van der Waals surface area contributed by atoms with Crippen LogP contribution in [0, 0.1) is 0 Å². The van der Waals surface area contributed by atoms with Gasteiger partial charge in [-0.15, -0.1) is 0 Å². The molecule has 1 N–H and O–H groups in total. The molecule has 0 saturated carbocycles. The van der Waals surface area contributed by atoms with E-state index in [4.69, 9.17) is 4.74 Å². The van der Waals surface area contributed by atoms with Gasteiger partial charge in [-0.2, -0.15) is 0 Å². The average Bonchev–Trinajstić information content (AvgIpc) is 2.47. The van der Waals surface area contributed by atoms with Crippen LogP contribution in [-0.2, 0) is 4.74 Å². The molecule has 0 spiro atoms. The maximum atomic E-state index is 5.70. The molecule has 1 fully saturated rings. The highest BCUT2D eigenvalue weighted by atomic mass is 16.5. The molecule has 2 aromatic rings. The average molecular weight is 267 g/mol. The standard InChI is InChI=1S/C18H21NO/c1-18(2)13-20-12-17(19-18)16-10-8-15(9-11-16)14-6-4-3-5-7-14/h3-11,17,19H,12-13H2,1-2H3. The second-order valence-corrected chi connectivity index (χ2v) is 6.08. The summed E-state index contributed by atoms with van der Waals surface area (Å²) >= 11 is 0. The van der Waals surface area contributed by atoms with Crippen LogP contribution >= 0.6 is 0 Å². The molecule has 2 aromatic carbocycles. The van der Waals surface area contributed by atoms with Crippen molar-refractivity contribution in [3.63, 3.8) is 0 Å². The minimum Gasteiger partial charge on any atom is -0.378 e. The van der Waals surface area contributed by atoms with Crippen LogP contribution in [0.25, 0.3) is 11.1 Å². The molecule has 1 aliphatic heterocycles. The van der Waals surface area contributed by atoms with Gasteiger partial charge in [-0.1, -0.05) is 54.6 Å². The summed E-state index contributed by atoms with van der Waals surface area (Å²) in [5.41, 5.74) is 3.84. The summed E-state index contributed by atoms with van der Waals surface area (Å²) in [6.45, 7) is 5.87. The first-order chi connectivity index (χ1) is 9.64. The van der Waals surface area contributed by atoms with Crippen LogP contribution in [0.3, 0.4) is 0 Å². The predicted molar refractivity (Wildman–Crippen MR) is 82.7 cm³/mol. The highest BCUT2D eigenvalue weighted by Crippen LogP contribution is 2.25. The van der Waals surface area contributed by atoms with Crippen molar-refractivity contribution in [2.24, 2.45) is 0 Å². The smallest absolute Gasteiger partial charge is 0.0662 e. The van der Waals surface area contributed by atoms with Crippen LogP contribution in [0.4, 0.5) is 0 Å². The molecule has 0 aliphatic carbocycles. The van der Waals surface area contributed by atoms with E-state index in [0.717, 1.165) is 13.2 Å². The highest BCUT2D eigenvalue weighted by molar-refractivity contribution is 5.63. The van der Waals surface area contributed by atoms with E-state index in [0.29, 0.717) is 0 Å². The molecule has 104 valence electrons. The molecule has 0 radical (unpaired) electrons. The lowest BCUT2D eigenvalue weighted by molar-refractivity contribution is 0.0127. The second-order valence-electron chi connectivity index (χ2n) is 6.08. The number of ether oxygens (including phenoxy) is 1. The van der Waals surface area contributed by atoms with Gasteiger partial charge in [0, 0.05) is 5.54 Å². The fourth-order valence-corrected chi connectivity index (χ4v) is 2.70. The molecular weight excluding hydrogens is 246 g/mol. The zero-order valence-electron chi connectivity index (χ0n) is 12.1. The third-order valence-corrected chi connectivity index (χ3v) is 3.73. The Balaban J connectivity index is 1.80. The molecule has 2 nitrogen and oxygen atoms in total. The van der Waals surface area contributed by atoms with Crippen molar-refractivity contribution in [1.82, 2.24) is 5.32 Å². The monoisotopic (exact) mass is 267 g/mol. The van der Waals surface area contributed by atoms with Gasteiger partial charge in [-0.05, 0) is 30.5 Å². The third kappa shape index (κ3) is 2.92. The Labute approximate surface area is 120 Å². The van der Waals surface area contributed by atoms with E-state index in [-0.39, 0.29) is 11.6 Å². The van der Waals surface area contributed by atoms with Crippen molar-refractivity contribution >= 4 is 0 Å². The summed E-state index contributed by atoms with van der Waals surface area (Å²) in [7, 11) is 0. The molecule has 0 bridgehead atoms. The van der Waals surface area contributed by atoms with Gasteiger partial charge in [0.2, 0.25) is 0 Å². The molecule has 1 aliphatic rings. The first kappa shape index (κ1) is 13.3. The van der Waals surface area contributed by atoms with Crippen LogP contribution in [0.2, 0.25) is 0 Å². The zero-order valence-corrected chi connectivity index (χ0v) is 12.1.